The molecule has 0 bridgehead atoms. The molecule has 0 rings (SSSR count). The molecule has 0 radical (unpaired) electrons. The van der Waals surface area contributed by atoms with E-state index in [-0.39, 0.29) is 5.97 Å². The summed E-state index contributed by atoms with van der Waals surface area (Å²) in [6, 6.07) is 0. The summed E-state index contributed by atoms with van der Waals surface area (Å²) < 4.78 is 5.12. The number of hydrogen-bond donors (Lipinski definition) is 1. The van der Waals surface area contributed by atoms with Gasteiger partial charge in [-0.3, -0.25) is 4.79 Å². The minimum atomic E-state index is -0.451. The number of carbonyl (C=O) groups is 1. The Balaban J connectivity index is 3.52. The second kappa shape index (κ2) is 5.59. The van der Waals surface area contributed by atoms with Crippen LogP contribution in [0.2, 0.25) is 0 Å². The average Bonchev–Trinajstić information content (AvgIpc) is 1.99. The Morgan fingerprint density at radius 1 is 1.30 bits per heavy atom. The van der Waals surface area contributed by atoms with Crippen LogP contribution < -0.4 is 0 Å². The highest BCUT2D eigenvalue weighted by Gasteiger charge is 2.03. The van der Waals surface area contributed by atoms with E-state index in [1.807, 2.05) is 6.92 Å². The summed E-state index contributed by atoms with van der Waals surface area (Å²) in [6.07, 6.45) is 0.499. The van der Waals surface area contributed by atoms with Gasteiger partial charge in [0, 0.05) is 17.9 Å². The van der Waals surface area contributed by atoms with Crippen LogP contribution in [-0.2, 0) is 8.98 Å². The zero-order valence-electron chi connectivity index (χ0n) is 6.89. The van der Waals surface area contributed by atoms with Gasteiger partial charge in [-0.1, -0.05) is 20.8 Å². The second-order valence-electron chi connectivity index (χ2n) is 1.93. The number of rotatable bonds is 4. The van der Waals surface area contributed by atoms with E-state index < -0.39 is 11.2 Å². The van der Waals surface area contributed by atoms with Gasteiger partial charge in [0.05, 0.1) is 0 Å². The SMILES string of the molecule is CCC(=O)O[SH](CC)CC. The van der Waals surface area contributed by atoms with Gasteiger partial charge in [0.1, 0.15) is 0 Å². The quantitative estimate of drug-likeness (QED) is 0.642. The van der Waals surface area contributed by atoms with Crippen molar-refractivity contribution in [1.82, 2.24) is 0 Å². The summed E-state index contributed by atoms with van der Waals surface area (Å²) in [5.74, 6) is 1.91. The number of hydrogen-bond acceptors (Lipinski definition) is 2. The van der Waals surface area contributed by atoms with Crippen molar-refractivity contribution < 1.29 is 8.98 Å². The smallest absolute Gasteiger partial charge is 0.315 e. The highest BCUT2D eigenvalue weighted by molar-refractivity contribution is 8.13. The predicted octanol–water partition coefficient (Wildman–Crippen LogP) is 1.90. The fourth-order valence-electron chi connectivity index (χ4n) is 0.561. The topological polar surface area (TPSA) is 26.3 Å². The molecule has 0 spiro atoms. The summed E-state index contributed by atoms with van der Waals surface area (Å²) in [7, 11) is 0. The average molecular weight is 164 g/mol. The van der Waals surface area contributed by atoms with Crippen molar-refractivity contribution in [2.45, 2.75) is 27.2 Å². The minimum Gasteiger partial charge on any atom is -0.418 e. The first-order valence-electron chi connectivity index (χ1n) is 3.70. The molecule has 10 heavy (non-hydrogen) atoms. The van der Waals surface area contributed by atoms with E-state index in [0.717, 1.165) is 11.5 Å². The predicted molar refractivity (Wildman–Crippen MR) is 46.5 cm³/mol. The van der Waals surface area contributed by atoms with E-state index in [9.17, 15) is 4.79 Å². The van der Waals surface area contributed by atoms with Crippen LogP contribution in [0.15, 0.2) is 0 Å². The summed E-state index contributed by atoms with van der Waals surface area (Å²) in [6.45, 7) is 5.93. The largest absolute Gasteiger partial charge is 0.418 e. The first-order chi connectivity index (χ1) is 4.74. The van der Waals surface area contributed by atoms with Crippen molar-refractivity contribution in [3.8, 4) is 0 Å². The van der Waals surface area contributed by atoms with Crippen LogP contribution in [0, 0.1) is 0 Å². The van der Waals surface area contributed by atoms with Crippen molar-refractivity contribution in [2.75, 3.05) is 11.5 Å². The fraction of sp³-hybridized carbons (Fsp3) is 0.857. The Morgan fingerprint density at radius 3 is 2.10 bits per heavy atom. The maximum atomic E-state index is 10.7. The van der Waals surface area contributed by atoms with Crippen LogP contribution in [0.5, 0.6) is 0 Å². The normalized spacial score (nSPS) is 10.9. The molecule has 0 aliphatic carbocycles. The molecule has 0 saturated carbocycles. The molecule has 0 fully saturated rings. The third-order valence-electron chi connectivity index (χ3n) is 1.23. The molecule has 0 aliphatic heterocycles. The second-order valence-corrected chi connectivity index (χ2v) is 4.34. The molecule has 0 aliphatic rings. The molecule has 0 saturated heterocycles. The first kappa shape index (κ1) is 9.82. The van der Waals surface area contributed by atoms with Crippen LogP contribution in [0.25, 0.3) is 0 Å². The Bertz CT molecular complexity index is 99.8. The standard InChI is InChI=1S/C7H16O2S/c1-4-7(8)9-10(5-2)6-3/h10H,4-6H2,1-3H3. The lowest BCUT2D eigenvalue weighted by Crippen LogP contribution is -2.02. The van der Waals surface area contributed by atoms with E-state index in [0.29, 0.717) is 6.42 Å². The minimum absolute atomic E-state index is 0.0604. The van der Waals surface area contributed by atoms with Gasteiger partial charge < -0.3 is 4.18 Å². The lowest BCUT2D eigenvalue weighted by molar-refractivity contribution is -0.132. The maximum absolute atomic E-state index is 10.7. The van der Waals surface area contributed by atoms with Gasteiger partial charge >= 0.3 is 5.97 Å². The molecule has 0 aromatic heterocycles. The van der Waals surface area contributed by atoms with Crippen LogP contribution in [-0.4, -0.2) is 17.5 Å². The lowest BCUT2D eigenvalue weighted by Gasteiger charge is -2.16. The van der Waals surface area contributed by atoms with Gasteiger partial charge in [0.15, 0.2) is 0 Å². The molecule has 0 unspecified atom stereocenters. The zero-order chi connectivity index (χ0) is 7.98. The summed E-state index contributed by atoms with van der Waals surface area (Å²) >= 11 is -0.451. The molecule has 0 amide bonds. The summed E-state index contributed by atoms with van der Waals surface area (Å²) in [5.41, 5.74) is 0. The number of carbonyl (C=O) groups excluding carboxylic acids is 1. The van der Waals surface area contributed by atoms with Crippen molar-refractivity contribution >= 4 is 17.1 Å². The first-order valence-corrected chi connectivity index (χ1v) is 5.33. The zero-order valence-corrected chi connectivity index (χ0v) is 7.78. The highest BCUT2D eigenvalue weighted by Crippen LogP contribution is 2.25. The lowest BCUT2D eigenvalue weighted by atomic mass is 10.5. The van der Waals surface area contributed by atoms with Gasteiger partial charge in [-0.2, -0.15) is 0 Å². The van der Waals surface area contributed by atoms with Gasteiger partial charge in [-0.05, 0) is 0 Å². The Hall–Kier alpha value is -0.180. The fourth-order valence-corrected chi connectivity index (χ4v) is 1.68. The van der Waals surface area contributed by atoms with Crippen LogP contribution in [0.1, 0.15) is 27.2 Å². The van der Waals surface area contributed by atoms with Crippen molar-refractivity contribution in [2.24, 2.45) is 0 Å². The molecular weight excluding hydrogens is 148 g/mol. The monoisotopic (exact) mass is 164 g/mol. The molecule has 62 valence electrons. The van der Waals surface area contributed by atoms with Gasteiger partial charge in [0.2, 0.25) is 0 Å². The third kappa shape index (κ3) is 3.77. The molecule has 0 N–H and O–H groups in total. The molecule has 0 aromatic rings. The van der Waals surface area contributed by atoms with E-state index in [1.54, 1.807) is 0 Å². The van der Waals surface area contributed by atoms with Crippen molar-refractivity contribution in [3.63, 3.8) is 0 Å². The Morgan fingerprint density at radius 2 is 1.80 bits per heavy atom. The Labute approximate surface area is 65.5 Å². The van der Waals surface area contributed by atoms with Gasteiger partial charge in [0.25, 0.3) is 0 Å². The van der Waals surface area contributed by atoms with Crippen LogP contribution >= 0.6 is 11.2 Å². The molecule has 0 aromatic carbocycles. The Kier molecular flexibility index (Phi) is 5.49. The van der Waals surface area contributed by atoms with Gasteiger partial charge in [-0.15, -0.1) is 11.2 Å². The van der Waals surface area contributed by atoms with Crippen LogP contribution in [0.3, 0.4) is 0 Å². The van der Waals surface area contributed by atoms with E-state index in [2.05, 4.69) is 13.8 Å². The van der Waals surface area contributed by atoms with Crippen LogP contribution in [0.4, 0.5) is 0 Å². The number of thiol groups is 1. The highest BCUT2D eigenvalue weighted by atomic mass is 32.2. The summed E-state index contributed by atoms with van der Waals surface area (Å²) in [4.78, 5) is 10.7. The van der Waals surface area contributed by atoms with E-state index >= 15 is 0 Å². The van der Waals surface area contributed by atoms with Crippen molar-refractivity contribution in [3.05, 3.63) is 0 Å². The van der Waals surface area contributed by atoms with E-state index in [4.69, 9.17) is 4.18 Å². The van der Waals surface area contributed by atoms with E-state index in [1.165, 1.54) is 0 Å². The molecular formula is C7H16O2S. The molecule has 0 atom stereocenters. The van der Waals surface area contributed by atoms with Crippen molar-refractivity contribution in [1.29, 1.82) is 0 Å². The molecule has 2 nitrogen and oxygen atoms in total. The molecule has 3 heteroatoms. The molecule has 0 heterocycles. The summed E-state index contributed by atoms with van der Waals surface area (Å²) in [5, 5.41) is 0. The van der Waals surface area contributed by atoms with Gasteiger partial charge in [-0.25, -0.2) is 0 Å². The third-order valence-corrected chi connectivity index (χ3v) is 3.10. The maximum Gasteiger partial charge on any atom is 0.315 e.